The highest BCUT2D eigenvalue weighted by Gasteiger charge is 2.52. The summed E-state index contributed by atoms with van der Waals surface area (Å²) in [7, 11) is 5.55. The Hall–Kier alpha value is -0.465. The monoisotopic (exact) mass is 224 g/mol. The highest BCUT2D eigenvalue weighted by atomic mass is 35.5. The number of ketones is 1. The van der Waals surface area contributed by atoms with Gasteiger partial charge in [0, 0.05) is 12.3 Å². The molecule has 0 amide bonds. The lowest BCUT2D eigenvalue weighted by Gasteiger charge is -2.38. The van der Waals surface area contributed by atoms with Crippen LogP contribution in [-0.2, 0) is 4.79 Å². The van der Waals surface area contributed by atoms with Crippen molar-refractivity contribution in [2.75, 3.05) is 0 Å². The molecule has 1 nitrogen and oxygen atoms in total. The van der Waals surface area contributed by atoms with Crippen LogP contribution in [0.15, 0.2) is 24.3 Å². The van der Waals surface area contributed by atoms with Crippen LogP contribution in [-0.4, -0.2) is 18.0 Å². The number of alkyl halides is 2. The van der Waals surface area contributed by atoms with Gasteiger partial charge in [0.2, 0.25) is 0 Å². The summed E-state index contributed by atoms with van der Waals surface area (Å²) >= 11 is 11.8. The largest absolute Gasteiger partial charge is 0.296 e. The van der Waals surface area contributed by atoms with Crippen molar-refractivity contribution in [2.45, 2.75) is 16.7 Å². The Morgan fingerprint density at radius 2 is 1.86 bits per heavy atom. The molecule has 0 N–H and O–H groups in total. The van der Waals surface area contributed by atoms with Crippen LogP contribution in [0.5, 0.6) is 0 Å². The van der Waals surface area contributed by atoms with Crippen molar-refractivity contribution in [1.29, 1.82) is 0 Å². The average Bonchev–Trinajstić information content (AvgIpc) is 2.16. The zero-order valence-electron chi connectivity index (χ0n) is 7.34. The second-order valence-electron chi connectivity index (χ2n) is 3.47. The third kappa shape index (κ3) is 1.47. The van der Waals surface area contributed by atoms with E-state index in [1.165, 1.54) is 0 Å². The number of hydrogen-bond acceptors (Lipinski definition) is 1. The van der Waals surface area contributed by atoms with Crippen molar-refractivity contribution in [2.24, 2.45) is 0 Å². The quantitative estimate of drug-likeness (QED) is 0.525. The van der Waals surface area contributed by atoms with E-state index in [2.05, 4.69) is 0 Å². The Morgan fingerprint density at radius 1 is 1.29 bits per heavy atom. The van der Waals surface area contributed by atoms with Gasteiger partial charge in [0.15, 0.2) is 10.1 Å². The van der Waals surface area contributed by atoms with Gasteiger partial charge in [0.05, 0.1) is 0 Å². The molecule has 1 aliphatic rings. The second kappa shape index (κ2) is 3.28. The van der Waals surface area contributed by atoms with Crippen LogP contribution in [0.25, 0.3) is 0 Å². The summed E-state index contributed by atoms with van der Waals surface area (Å²) in [6.45, 7) is 0. The van der Waals surface area contributed by atoms with E-state index in [9.17, 15) is 4.79 Å². The fraction of sp³-hybridized carbons (Fsp3) is 0.300. The summed E-state index contributed by atoms with van der Waals surface area (Å²) in [6, 6.07) is 7.27. The van der Waals surface area contributed by atoms with Crippen LogP contribution < -0.4 is 5.46 Å². The molecular formula is C10H7BCl2O. The third-order valence-electron chi connectivity index (χ3n) is 2.54. The molecule has 0 aliphatic heterocycles. The molecule has 1 unspecified atom stereocenters. The fourth-order valence-corrected chi connectivity index (χ4v) is 2.13. The van der Waals surface area contributed by atoms with E-state index in [1.54, 1.807) is 12.1 Å². The van der Waals surface area contributed by atoms with Gasteiger partial charge >= 0.3 is 0 Å². The Bertz CT molecular complexity index is 372. The summed E-state index contributed by atoms with van der Waals surface area (Å²) in [4.78, 5) is 11.1. The summed E-state index contributed by atoms with van der Waals surface area (Å²) < 4.78 is -1.24. The number of rotatable bonds is 1. The standard InChI is InChI=1S/C10H7BCl2O/c11-7-3-1-6(2-4-7)8-5-9(14)10(8,12)13/h1-4,8H,5H2. The van der Waals surface area contributed by atoms with Crippen molar-refractivity contribution in [3.63, 3.8) is 0 Å². The van der Waals surface area contributed by atoms with Crippen molar-refractivity contribution in [3.05, 3.63) is 29.8 Å². The number of halogens is 2. The normalized spacial score (nSPS) is 24.4. The molecule has 0 spiro atoms. The van der Waals surface area contributed by atoms with Crippen LogP contribution in [0.2, 0.25) is 0 Å². The minimum atomic E-state index is -1.24. The first-order chi connectivity index (χ1) is 6.51. The molecule has 70 valence electrons. The second-order valence-corrected chi connectivity index (χ2v) is 4.86. The predicted octanol–water partition coefficient (Wildman–Crippen LogP) is 1.71. The summed E-state index contributed by atoms with van der Waals surface area (Å²) in [6.07, 6.45) is 0.414. The van der Waals surface area contributed by atoms with Crippen LogP contribution >= 0.6 is 23.2 Å². The molecular weight excluding hydrogens is 218 g/mol. The maximum atomic E-state index is 11.1. The van der Waals surface area contributed by atoms with Crippen LogP contribution in [0, 0.1) is 0 Å². The smallest absolute Gasteiger partial charge is 0.183 e. The first kappa shape index (κ1) is 10.1. The van der Waals surface area contributed by atoms with Crippen molar-refractivity contribution < 1.29 is 4.79 Å². The fourth-order valence-electron chi connectivity index (χ4n) is 1.57. The Balaban J connectivity index is 2.26. The number of carbonyl (C=O) groups excluding carboxylic acids is 1. The van der Waals surface area contributed by atoms with E-state index in [1.807, 2.05) is 12.1 Å². The van der Waals surface area contributed by atoms with Crippen molar-refractivity contribution in [1.82, 2.24) is 0 Å². The van der Waals surface area contributed by atoms with Crippen LogP contribution in [0.4, 0.5) is 0 Å². The predicted molar refractivity (Wildman–Crippen MR) is 58.6 cm³/mol. The highest BCUT2D eigenvalue weighted by Crippen LogP contribution is 2.50. The number of Topliss-reactive ketones (excluding diaryl/α,β-unsaturated/α-hetero) is 1. The number of benzene rings is 1. The maximum Gasteiger partial charge on any atom is 0.183 e. The molecule has 2 radical (unpaired) electrons. The number of hydrogen-bond donors (Lipinski definition) is 0. The van der Waals surface area contributed by atoms with Gasteiger partial charge in [0.25, 0.3) is 0 Å². The lowest BCUT2D eigenvalue weighted by Crippen LogP contribution is -2.45. The molecule has 0 aromatic heterocycles. The third-order valence-corrected chi connectivity index (χ3v) is 3.49. The summed E-state index contributed by atoms with van der Waals surface area (Å²) in [5.74, 6) is -0.207. The van der Waals surface area contributed by atoms with E-state index in [-0.39, 0.29) is 11.7 Å². The molecule has 1 atom stereocenters. The van der Waals surface area contributed by atoms with Gasteiger partial charge in [-0.3, -0.25) is 4.79 Å². The minimum Gasteiger partial charge on any atom is -0.296 e. The Labute approximate surface area is 93.8 Å². The zero-order chi connectivity index (χ0) is 10.3. The summed E-state index contributed by atoms with van der Waals surface area (Å²) in [5, 5.41) is 0. The van der Waals surface area contributed by atoms with Crippen LogP contribution in [0.3, 0.4) is 0 Å². The molecule has 0 bridgehead atoms. The first-order valence-electron chi connectivity index (χ1n) is 4.28. The average molecular weight is 225 g/mol. The number of carbonyl (C=O) groups is 1. The molecule has 0 saturated heterocycles. The van der Waals surface area contributed by atoms with Gasteiger partial charge in [-0.25, -0.2) is 0 Å². The van der Waals surface area contributed by atoms with E-state index in [0.717, 1.165) is 5.56 Å². The molecule has 2 rings (SSSR count). The Morgan fingerprint density at radius 3 is 2.29 bits per heavy atom. The SMILES string of the molecule is [B]c1ccc(C2CC(=O)C2(Cl)Cl)cc1. The highest BCUT2D eigenvalue weighted by molar-refractivity contribution is 6.61. The lowest BCUT2D eigenvalue weighted by atomic mass is 9.77. The van der Waals surface area contributed by atoms with Gasteiger partial charge in [-0.15, -0.1) is 0 Å². The zero-order valence-corrected chi connectivity index (χ0v) is 8.85. The van der Waals surface area contributed by atoms with Gasteiger partial charge in [-0.05, 0) is 5.56 Å². The minimum absolute atomic E-state index is 0.0982. The van der Waals surface area contributed by atoms with Crippen molar-refractivity contribution >= 4 is 42.3 Å². The van der Waals surface area contributed by atoms with E-state index in [0.29, 0.717) is 11.9 Å². The van der Waals surface area contributed by atoms with Crippen LogP contribution in [0.1, 0.15) is 17.9 Å². The summed E-state index contributed by atoms with van der Waals surface area (Å²) in [5.41, 5.74) is 1.65. The van der Waals surface area contributed by atoms with E-state index in [4.69, 9.17) is 31.0 Å². The van der Waals surface area contributed by atoms with Gasteiger partial charge < -0.3 is 0 Å². The molecule has 1 fully saturated rings. The topological polar surface area (TPSA) is 17.1 Å². The molecule has 1 aliphatic carbocycles. The van der Waals surface area contributed by atoms with E-state index < -0.39 is 4.33 Å². The molecule has 4 heteroatoms. The first-order valence-corrected chi connectivity index (χ1v) is 5.04. The Kier molecular flexibility index (Phi) is 2.36. The molecule has 14 heavy (non-hydrogen) atoms. The lowest BCUT2D eigenvalue weighted by molar-refractivity contribution is -0.125. The van der Waals surface area contributed by atoms with E-state index >= 15 is 0 Å². The maximum absolute atomic E-state index is 11.1. The molecule has 1 aromatic rings. The van der Waals surface area contributed by atoms with Gasteiger partial charge in [-0.2, -0.15) is 0 Å². The molecule has 1 aromatic carbocycles. The van der Waals surface area contributed by atoms with Gasteiger partial charge in [-0.1, -0.05) is 52.9 Å². The van der Waals surface area contributed by atoms with Crippen molar-refractivity contribution in [3.8, 4) is 0 Å². The molecule has 0 heterocycles. The van der Waals surface area contributed by atoms with Gasteiger partial charge in [0.1, 0.15) is 7.85 Å². The molecule has 1 saturated carbocycles.